The van der Waals surface area contributed by atoms with Crippen LogP contribution in [0.25, 0.3) is 0 Å². The summed E-state index contributed by atoms with van der Waals surface area (Å²) in [5, 5.41) is 0. The standard InChI is InChI=1S/C8H14O2.2C5H8O2/c1-6(2)7(9)10-8(3,4)5;2*1-4(2)5(6)7-3/h1H2,2-5H3;2*1H2,2-3H3. The second kappa shape index (κ2) is 13.1. The van der Waals surface area contributed by atoms with E-state index in [0.717, 1.165) is 0 Å². The second-order valence-corrected chi connectivity index (χ2v) is 5.83. The second-order valence-electron chi connectivity index (χ2n) is 5.83. The predicted octanol–water partition coefficient (Wildman–Crippen LogP) is 3.38. The van der Waals surface area contributed by atoms with E-state index in [1.165, 1.54) is 14.2 Å². The number of carbonyl (C=O) groups excluding carboxylic acids is 3. The van der Waals surface area contributed by atoms with Gasteiger partial charge in [0.05, 0.1) is 14.2 Å². The zero-order valence-corrected chi connectivity index (χ0v) is 16.1. The molecule has 0 aromatic rings. The summed E-state index contributed by atoms with van der Waals surface area (Å²) >= 11 is 0. The summed E-state index contributed by atoms with van der Waals surface area (Å²) < 4.78 is 13.5. The van der Waals surface area contributed by atoms with Crippen LogP contribution in [0.4, 0.5) is 0 Å². The lowest BCUT2D eigenvalue weighted by molar-refractivity contribution is -0.149. The van der Waals surface area contributed by atoms with Gasteiger partial charge in [0.2, 0.25) is 0 Å². The molecule has 0 heterocycles. The lowest BCUT2D eigenvalue weighted by atomic mass is 10.2. The van der Waals surface area contributed by atoms with Crippen molar-refractivity contribution < 1.29 is 28.6 Å². The van der Waals surface area contributed by atoms with Crippen LogP contribution in [0.5, 0.6) is 0 Å². The number of methoxy groups -OCH3 is 2. The fraction of sp³-hybridized carbons (Fsp3) is 0.500. The van der Waals surface area contributed by atoms with Gasteiger partial charge < -0.3 is 14.2 Å². The Morgan fingerprint density at radius 3 is 0.958 bits per heavy atom. The SMILES string of the molecule is C=C(C)C(=O)OC.C=C(C)C(=O)OC.C=C(C)C(=O)OC(C)(C)C. The van der Waals surface area contributed by atoms with E-state index < -0.39 is 5.60 Å². The van der Waals surface area contributed by atoms with E-state index in [2.05, 4.69) is 29.2 Å². The van der Waals surface area contributed by atoms with E-state index in [4.69, 9.17) is 4.74 Å². The molecule has 24 heavy (non-hydrogen) atoms. The normalized spacial score (nSPS) is 9.00. The zero-order valence-electron chi connectivity index (χ0n) is 16.1. The Kier molecular flexibility index (Phi) is 14.5. The number of rotatable bonds is 3. The number of ether oxygens (including phenoxy) is 3. The third kappa shape index (κ3) is 19.6. The fourth-order valence-electron chi connectivity index (χ4n) is 0.714. The van der Waals surface area contributed by atoms with Gasteiger partial charge in [0.1, 0.15) is 5.60 Å². The first-order valence-electron chi connectivity index (χ1n) is 7.06. The molecule has 0 aliphatic rings. The van der Waals surface area contributed by atoms with Crippen molar-refractivity contribution in [2.75, 3.05) is 14.2 Å². The summed E-state index contributed by atoms with van der Waals surface area (Å²) in [7, 11) is 2.66. The molecule has 0 bridgehead atoms. The zero-order chi connectivity index (χ0) is 20.1. The molecule has 0 radical (unpaired) electrons. The van der Waals surface area contributed by atoms with Gasteiger partial charge in [-0.2, -0.15) is 0 Å². The van der Waals surface area contributed by atoms with Crippen LogP contribution in [0.2, 0.25) is 0 Å². The first kappa shape index (κ1) is 26.5. The molecular formula is C18H30O6. The predicted molar refractivity (Wildman–Crippen MR) is 94.3 cm³/mol. The number of hydrogen-bond donors (Lipinski definition) is 0. The third-order valence-electron chi connectivity index (χ3n) is 1.82. The molecule has 0 spiro atoms. The third-order valence-corrected chi connectivity index (χ3v) is 1.82. The lowest BCUT2D eigenvalue weighted by Crippen LogP contribution is -2.23. The average Bonchev–Trinajstić information content (AvgIpc) is 2.44. The molecule has 0 aromatic heterocycles. The van der Waals surface area contributed by atoms with E-state index in [1.807, 2.05) is 20.8 Å². The molecule has 0 N–H and O–H groups in total. The van der Waals surface area contributed by atoms with Crippen molar-refractivity contribution in [1.82, 2.24) is 0 Å². The minimum atomic E-state index is -0.407. The molecule has 0 amide bonds. The Balaban J connectivity index is -0.000000283. The Morgan fingerprint density at radius 2 is 0.917 bits per heavy atom. The Labute approximate surface area is 145 Å². The molecule has 6 nitrogen and oxygen atoms in total. The largest absolute Gasteiger partial charge is 0.466 e. The van der Waals surface area contributed by atoms with Crippen molar-refractivity contribution in [1.29, 1.82) is 0 Å². The molecule has 0 rings (SSSR count). The number of esters is 3. The fourth-order valence-corrected chi connectivity index (χ4v) is 0.714. The van der Waals surface area contributed by atoms with Crippen LogP contribution >= 0.6 is 0 Å². The van der Waals surface area contributed by atoms with E-state index in [9.17, 15) is 14.4 Å². The van der Waals surface area contributed by atoms with E-state index in [0.29, 0.717) is 16.7 Å². The summed E-state index contributed by atoms with van der Waals surface area (Å²) in [5.41, 5.74) is 0.899. The van der Waals surface area contributed by atoms with Gasteiger partial charge >= 0.3 is 17.9 Å². The van der Waals surface area contributed by atoms with Gasteiger partial charge in [-0.15, -0.1) is 0 Å². The van der Waals surface area contributed by atoms with Crippen LogP contribution in [0.15, 0.2) is 36.5 Å². The minimum Gasteiger partial charge on any atom is -0.466 e. The summed E-state index contributed by atoms with van der Waals surface area (Å²) in [6, 6.07) is 0. The first-order valence-corrected chi connectivity index (χ1v) is 7.06. The summed E-state index contributed by atoms with van der Waals surface area (Å²) in [4.78, 5) is 31.2. The molecule has 0 saturated heterocycles. The molecule has 0 fully saturated rings. The van der Waals surface area contributed by atoms with Gasteiger partial charge in [0.15, 0.2) is 0 Å². The van der Waals surface area contributed by atoms with Crippen LogP contribution in [0.3, 0.4) is 0 Å². The van der Waals surface area contributed by atoms with Crippen molar-refractivity contribution in [3.63, 3.8) is 0 Å². The molecule has 0 aromatic carbocycles. The van der Waals surface area contributed by atoms with Crippen LogP contribution in [0.1, 0.15) is 41.5 Å². The number of hydrogen-bond acceptors (Lipinski definition) is 6. The maximum absolute atomic E-state index is 10.8. The Morgan fingerprint density at radius 1 is 0.667 bits per heavy atom. The van der Waals surface area contributed by atoms with Crippen molar-refractivity contribution in [3.05, 3.63) is 36.5 Å². The van der Waals surface area contributed by atoms with Crippen LogP contribution in [-0.4, -0.2) is 37.7 Å². The van der Waals surface area contributed by atoms with Gasteiger partial charge in [-0.1, -0.05) is 19.7 Å². The van der Waals surface area contributed by atoms with Gasteiger partial charge in [0, 0.05) is 16.7 Å². The molecule has 0 saturated carbocycles. The van der Waals surface area contributed by atoms with E-state index in [-0.39, 0.29) is 17.9 Å². The molecule has 0 aliphatic carbocycles. The van der Waals surface area contributed by atoms with Crippen LogP contribution in [0, 0.1) is 0 Å². The van der Waals surface area contributed by atoms with E-state index >= 15 is 0 Å². The highest BCUT2D eigenvalue weighted by Crippen LogP contribution is 2.09. The molecule has 138 valence electrons. The monoisotopic (exact) mass is 342 g/mol. The van der Waals surface area contributed by atoms with Gasteiger partial charge in [-0.3, -0.25) is 0 Å². The maximum Gasteiger partial charge on any atom is 0.333 e. The molecule has 0 unspecified atom stereocenters. The summed E-state index contributed by atoms with van der Waals surface area (Å²) in [5.74, 6) is -1.02. The van der Waals surface area contributed by atoms with Crippen molar-refractivity contribution in [2.24, 2.45) is 0 Å². The quantitative estimate of drug-likeness (QED) is 0.444. The minimum absolute atomic E-state index is 0.326. The Hall–Kier alpha value is -2.37. The molecule has 0 atom stereocenters. The first-order chi connectivity index (χ1) is 10.7. The van der Waals surface area contributed by atoms with E-state index in [1.54, 1.807) is 20.8 Å². The maximum atomic E-state index is 10.8. The molecular weight excluding hydrogens is 312 g/mol. The Bertz CT molecular complexity index is 454. The highest BCUT2D eigenvalue weighted by molar-refractivity contribution is 5.87. The average molecular weight is 342 g/mol. The van der Waals surface area contributed by atoms with Crippen molar-refractivity contribution in [3.8, 4) is 0 Å². The van der Waals surface area contributed by atoms with Crippen molar-refractivity contribution in [2.45, 2.75) is 47.1 Å². The highest BCUT2D eigenvalue weighted by Gasteiger charge is 2.15. The van der Waals surface area contributed by atoms with Gasteiger partial charge in [0.25, 0.3) is 0 Å². The van der Waals surface area contributed by atoms with Gasteiger partial charge in [-0.05, 0) is 41.5 Å². The molecule has 6 heteroatoms. The highest BCUT2D eigenvalue weighted by atomic mass is 16.6. The number of carbonyl (C=O) groups is 3. The van der Waals surface area contributed by atoms with Gasteiger partial charge in [-0.25, -0.2) is 14.4 Å². The van der Waals surface area contributed by atoms with Crippen LogP contribution < -0.4 is 0 Å². The molecule has 0 aliphatic heterocycles. The summed E-state index contributed by atoms with van der Waals surface area (Å²) in [6.07, 6.45) is 0. The lowest BCUT2D eigenvalue weighted by Gasteiger charge is -2.19. The van der Waals surface area contributed by atoms with Crippen molar-refractivity contribution >= 4 is 17.9 Å². The summed E-state index contributed by atoms with van der Waals surface area (Å²) in [6.45, 7) is 20.5. The smallest absolute Gasteiger partial charge is 0.333 e. The van der Waals surface area contributed by atoms with Crippen LogP contribution in [-0.2, 0) is 28.6 Å². The topological polar surface area (TPSA) is 78.9 Å².